The molecule has 372 valence electrons. The first kappa shape index (κ1) is 58.0. The third-order valence-corrected chi connectivity index (χ3v) is 10.8. The number of amides is 7. The second kappa shape index (κ2) is 31.0. The van der Waals surface area contributed by atoms with Crippen molar-refractivity contribution >= 4 is 53.8 Å². The molecular weight excluding hydrogens is 862 g/mol. The van der Waals surface area contributed by atoms with Crippen LogP contribution in [0.2, 0.25) is 0 Å². The number of nitrogens with one attached hydrogen (secondary N) is 5. The summed E-state index contributed by atoms with van der Waals surface area (Å²) in [6.07, 6.45) is 1.16. The molecule has 0 aromatic carbocycles. The lowest BCUT2D eigenvalue weighted by Gasteiger charge is -2.30. The van der Waals surface area contributed by atoms with Gasteiger partial charge in [0.25, 0.3) is 0 Å². The van der Waals surface area contributed by atoms with Gasteiger partial charge in [0.15, 0.2) is 12.1 Å². The minimum Gasteiger partial charge on any atom is -0.479 e. The van der Waals surface area contributed by atoms with Crippen LogP contribution >= 0.6 is 0 Å². The van der Waals surface area contributed by atoms with Crippen molar-refractivity contribution in [1.82, 2.24) is 36.7 Å². The Morgan fingerprint density at radius 3 is 2.06 bits per heavy atom. The monoisotopic (exact) mass is 933 g/mol. The zero-order chi connectivity index (χ0) is 49.2. The summed E-state index contributed by atoms with van der Waals surface area (Å²) in [4.78, 5) is 115. The van der Waals surface area contributed by atoms with E-state index in [0.29, 0.717) is 11.5 Å². The summed E-state index contributed by atoms with van der Waals surface area (Å²) >= 11 is 0. The molecule has 0 spiro atoms. The van der Waals surface area contributed by atoms with Crippen LogP contribution in [0.5, 0.6) is 0 Å². The summed E-state index contributed by atoms with van der Waals surface area (Å²) < 4.78 is 5.02. The molecule has 24 nitrogen and oxygen atoms in total. The molecule has 10 atom stereocenters. The lowest BCUT2D eigenvalue weighted by molar-refractivity contribution is -0.172. The first-order valence-electron chi connectivity index (χ1n) is 22.2. The number of aliphatic hydroxyl groups is 4. The van der Waals surface area contributed by atoms with Gasteiger partial charge in [0.2, 0.25) is 41.9 Å². The molecule has 0 radical (unpaired) electrons. The van der Waals surface area contributed by atoms with Crippen molar-refractivity contribution < 1.29 is 83.8 Å². The van der Waals surface area contributed by atoms with Crippen molar-refractivity contribution in [3.8, 4) is 0 Å². The number of unbranched alkanes of at least 4 members (excludes halogenated alkanes) is 8. The zero-order valence-corrected chi connectivity index (χ0v) is 37.7. The van der Waals surface area contributed by atoms with Crippen LogP contribution in [0, 0.1) is 5.92 Å². The van der Waals surface area contributed by atoms with Crippen LogP contribution in [0.15, 0.2) is 0 Å². The molecule has 1 aliphatic rings. The maximum Gasteiger partial charge on any atom is 0.335 e. The van der Waals surface area contributed by atoms with Gasteiger partial charge in [0, 0.05) is 19.5 Å². The Kier molecular flexibility index (Phi) is 27.7. The summed E-state index contributed by atoms with van der Waals surface area (Å²) in [6.45, 7) is 4.02. The predicted octanol–water partition coefficient (Wildman–Crippen LogP) is -1.89. The van der Waals surface area contributed by atoms with Crippen molar-refractivity contribution in [3.05, 3.63) is 0 Å². The average Bonchev–Trinajstić information content (AvgIpc) is 3.25. The molecule has 0 aromatic heterocycles. The highest BCUT2D eigenvalue weighted by atomic mass is 16.5. The van der Waals surface area contributed by atoms with Crippen molar-refractivity contribution in [2.24, 2.45) is 5.92 Å². The number of esters is 1. The summed E-state index contributed by atoms with van der Waals surface area (Å²) in [5, 5.41) is 83.4. The number of ether oxygens (including phenoxy) is 1. The molecule has 0 aromatic rings. The van der Waals surface area contributed by atoms with Gasteiger partial charge in [-0.05, 0) is 46.0 Å². The van der Waals surface area contributed by atoms with Crippen LogP contribution < -0.4 is 26.6 Å². The quantitative estimate of drug-likeness (QED) is 0.0148. The van der Waals surface area contributed by atoms with Gasteiger partial charge in [-0.2, -0.15) is 0 Å². The van der Waals surface area contributed by atoms with Crippen LogP contribution in [0.3, 0.4) is 0 Å². The molecule has 7 amide bonds. The van der Waals surface area contributed by atoms with Gasteiger partial charge in [0.05, 0.1) is 37.2 Å². The van der Waals surface area contributed by atoms with E-state index in [2.05, 4.69) is 28.2 Å². The largest absolute Gasteiger partial charge is 0.479 e. The Balaban J connectivity index is 3.22. The SMILES string of the molecule is CCCCCCCCCCCC(=O)N[C@@H](CCCN(O)C=O)[C@@H](O)[C@H](C)C(=O)N[C@@H](CO)C(=O)N[C@@H]1CCCN(O)C(=O)CC(C)OC(=O)[C@H]([C@@H](O)C(=O)O)NC(=O)[C@H]([C@@H](C)O)NC1=O. The summed E-state index contributed by atoms with van der Waals surface area (Å²) in [6, 6.07) is -8.78. The normalized spacial score (nSPS) is 21.8. The van der Waals surface area contributed by atoms with E-state index < -0.39 is 127 Å². The van der Waals surface area contributed by atoms with E-state index in [9.17, 15) is 79.1 Å². The number of hydrogen-bond donors (Lipinski definition) is 12. The molecule has 0 saturated carbocycles. The number of aliphatic carboxylic acids is 1. The van der Waals surface area contributed by atoms with Crippen LogP contribution in [0.1, 0.15) is 124 Å². The lowest BCUT2D eigenvalue weighted by atomic mass is 9.93. The van der Waals surface area contributed by atoms with Gasteiger partial charge in [-0.15, -0.1) is 0 Å². The Labute approximate surface area is 378 Å². The predicted molar refractivity (Wildman–Crippen MR) is 226 cm³/mol. The third-order valence-electron chi connectivity index (χ3n) is 10.8. The van der Waals surface area contributed by atoms with Gasteiger partial charge in [-0.1, -0.05) is 65.2 Å². The van der Waals surface area contributed by atoms with E-state index in [1.807, 2.05) is 5.32 Å². The molecule has 12 N–H and O–H groups in total. The van der Waals surface area contributed by atoms with Crippen LogP contribution in [0.25, 0.3) is 0 Å². The Hall–Kier alpha value is -5.01. The van der Waals surface area contributed by atoms with Crippen molar-refractivity contribution in [1.29, 1.82) is 0 Å². The van der Waals surface area contributed by atoms with Gasteiger partial charge >= 0.3 is 11.9 Å². The van der Waals surface area contributed by atoms with E-state index in [1.54, 1.807) is 0 Å². The molecule has 0 bridgehead atoms. The van der Waals surface area contributed by atoms with Crippen LogP contribution in [-0.2, 0) is 47.9 Å². The maximum atomic E-state index is 13.6. The standard InChI is InChI=1S/C41H71N7O17/c1-5-6-7-8-9-10-11-12-13-18-30(52)42-27(16-14-19-47(63)23-50)34(54)25(3)36(56)44-29(22-49)38(58)43-28-17-15-20-48(64)31(53)21-24(2)65-41(62)33(35(55)40(60)61)46-39(59)32(26(4)51)45-37(28)57/h23-29,32-35,49,51,54-55,63-64H,5-22H2,1-4H3,(H,42,52)(H,43,58)(H,44,56)(H,45,57)(H,46,59)(H,60,61)/t24?,25-,26+,27-,28+,29-,32-,33-,34-,35+/m0/s1. The molecule has 0 aliphatic carbocycles. The molecule has 1 rings (SSSR count). The molecule has 65 heavy (non-hydrogen) atoms. The fraction of sp³-hybridized carbons (Fsp3) is 0.780. The van der Waals surface area contributed by atoms with Gasteiger partial charge in [0.1, 0.15) is 24.2 Å². The minimum atomic E-state index is -2.60. The van der Waals surface area contributed by atoms with Gasteiger partial charge in [-0.25, -0.2) is 19.7 Å². The highest BCUT2D eigenvalue weighted by molar-refractivity contribution is 5.96. The van der Waals surface area contributed by atoms with E-state index in [4.69, 9.17) is 4.74 Å². The second-order valence-corrected chi connectivity index (χ2v) is 16.4. The highest BCUT2D eigenvalue weighted by Gasteiger charge is 2.40. The van der Waals surface area contributed by atoms with Gasteiger partial charge in [-0.3, -0.25) is 44.0 Å². The van der Waals surface area contributed by atoms with E-state index in [-0.39, 0.29) is 50.1 Å². The Morgan fingerprint density at radius 1 is 0.892 bits per heavy atom. The van der Waals surface area contributed by atoms with Crippen LogP contribution in [0.4, 0.5) is 0 Å². The number of aliphatic hydroxyl groups excluding tert-OH is 4. The molecule has 24 heteroatoms. The first-order valence-corrected chi connectivity index (χ1v) is 22.2. The van der Waals surface area contributed by atoms with E-state index in [0.717, 1.165) is 45.4 Å². The summed E-state index contributed by atoms with van der Waals surface area (Å²) in [5.74, 6) is -10.9. The number of rotatable bonds is 26. The zero-order valence-electron chi connectivity index (χ0n) is 37.7. The maximum absolute atomic E-state index is 13.6. The molecule has 1 unspecified atom stereocenters. The fourth-order valence-corrected chi connectivity index (χ4v) is 6.82. The molecule has 1 fully saturated rings. The summed E-state index contributed by atoms with van der Waals surface area (Å²) in [5.41, 5.74) is 0. The number of cyclic esters (lactones) is 1. The number of carboxylic acid groups (broad SMARTS) is 1. The smallest absolute Gasteiger partial charge is 0.335 e. The molecule has 1 aliphatic heterocycles. The molecular formula is C41H71N7O17. The minimum absolute atomic E-state index is 0.0140. The highest BCUT2D eigenvalue weighted by Crippen LogP contribution is 2.16. The third kappa shape index (κ3) is 21.7. The molecule has 1 saturated heterocycles. The number of carbonyl (C=O) groups excluding carboxylic acids is 8. The number of hydroxylamine groups is 4. The van der Waals surface area contributed by atoms with E-state index >= 15 is 0 Å². The number of carbonyl (C=O) groups is 9. The molecule has 1 heterocycles. The fourth-order valence-electron chi connectivity index (χ4n) is 6.82. The lowest BCUT2D eigenvalue weighted by Crippen LogP contribution is -2.62. The van der Waals surface area contributed by atoms with Crippen molar-refractivity contribution in [2.75, 3.05) is 19.7 Å². The Bertz CT molecular complexity index is 1560. The average molecular weight is 934 g/mol. The number of nitrogens with zero attached hydrogens (tertiary/aromatic N) is 2. The second-order valence-electron chi connectivity index (χ2n) is 16.4. The summed E-state index contributed by atoms with van der Waals surface area (Å²) in [7, 11) is 0. The number of hydrogen-bond acceptors (Lipinski definition) is 16. The number of carboxylic acids is 1. The van der Waals surface area contributed by atoms with Gasteiger partial charge < -0.3 is 56.9 Å². The Morgan fingerprint density at radius 2 is 1.49 bits per heavy atom. The van der Waals surface area contributed by atoms with Crippen molar-refractivity contribution in [3.63, 3.8) is 0 Å². The van der Waals surface area contributed by atoms with E-state index in [1.165, 1.54) is 26.7 Å². The van der Waals surface area contributed by atoms with Crippen LogP contribution in [-0.4, -0.2) is 174 Å². The topological polar surface area (TPSA) is 371 Å². The first-order chi connectivity index (χ1) is 30.7. The van der Waals surface area contributed by atoms with Crippen molar-refractivity contribution in [2.45, 2.75) is 179 Å².